The average Bonchev–Trinajstić information content (AvgIpc) is 2.49. The van der Waals surface area contributed by atoms with Gasteiger partial charge in [-0.2, -0.15) is 5.26 Å². The summed E-state index contributed by atoms with van der Waals surface area (Å²) in [6.07, 6.45) is 2.21. The maximum Gasteiger partial charge on any atom is 0.193 e. The molecule has 4 nitrogen and oxygen atoms in total. The van der Waals surface area contributed by atoms with E-state index in [0.29, 0.717) is 11.1 Å². The Morgan fingerprint density at radius 2 is 2.19 bits per heavy atom. The molecule has 0 unspecified atom stereocenters. The van der Waals surface area contributed by atoms with Crippen molar-refractivity contribution < 1.29 is 4.39 Å². The Bertz CT molecular complexity index is 519. The Morgan fingerprint density at radius 3 is 2.76 bits per heavy atom. The molecule has 0 saturated carbocycles. The molecular formula is C16H23FN4. The van der Waals surface area contributed by atoms with Gasteiger partial charge in [0.2, 0.25) is 0 Å². The second-order valence-corrected chi connectivity index (χ2v) is 4.86. The number of halogens is 1. The van der Waals surface area contributed by atoms with Crippen molar-refractivity contribution in [3.8, 4) is 6.07 Å². The number of unbranched alkanes of at least 4 members (excludes halogenated alkanes) is 1. The molecule has 0 amide bonds. The first kappa shape index (κ1) is 17.0. The van der Waals surface area contributed by atoms with E-state index >= 15 is 0 Å². The molecule has 0 bridgehead atoms. The van der Waals surface area contributed by atoms with E-state index in [1.54, 1.807) is 12.1 Å². The van der Waals surface area contributed by atoms with Crippen LogP contribution in [0.3, 0.4) is 0 Å². The van der Waals surface area contributed by atoms with Crippen LogP contribution < -0.4 is 5.32 Å². The van der Waals surface area contributed by atoms with Crippen LogP contribution in [0.1, 0.15) is 37.8 Å². The first-order valence-corrected chi connectivity index (χ1v) is 7.30. The van der Waals surface area contributed by atoms with Gasteiger partial charge < -0.3 is 10.2 Å². The minimum Gasteiger partial charge on any atom is -0.357 e. The number of nitriles is 1. The molecule has 0 aliphatic rings. The van der Waals surface area contributed by atoms with Gasteiger partial charge in [-0.15, -0.1) is 0 Å². The lowest BCUT2D eigenvalue weighted by molar-refractivity contribution is 0.464. The van der Waals surface area contributed by atoms with Gasteiger partial charge in [0.25, 0.3) is 0 Å². The molecule has 0 fully saturated rings. The largest absolute Gasteiger partial charge is 0.357 e. The molecule has 0 radical (unpaired) electrons. The Kier molecular flexibility index (Phi) is 7.24. The fourth-order valence-electron chi connectivity index (χ4n) is 1.88. The number of hydrogen-bond donors (Lipinski definition) is 1. The zero-order chi connectivity index (χ0) is 15.7. The van der Waals surface area contributed by atoms with Crippen LogP contribution in [-0.4, -0.2) is 31.0 Å². The first-order valence-electron chi connectivity index (χ1n) is 7.30. The summed E-state index contributed by atoms with van der Waals surface area (Å²) in [5, 5.41) is 11.9. The van der Waals surface area contributed by atoms with E-state index in [2.05, 4.69) is 22.1 Å². The quantitative estimate of drug-likeness (QED) is 0.647. The molecule has 0 atom stereocenters. The van der Waals surface area contributed by atoms with Crippen molar-refractivity contribution in [1.29, 1.82) is 5.26 Å². The van der Waals surface area contributed by atoms with Gasteiger partial charge in [0.05, 0.1) is 18.2 Å². The monoisotopic (exact) mass is 290 g/mol. The van der Waals surface area contributed by atoms with E-state index < -0.39 is 0 Å². The van der Waals surface area contributed by atoms with Crippen LogP contribution in [0.15, 0.2) is 23.2 Å². The molecule has 114 valence electrons. The van der Waals surface area contributed by atoms with E-state index in [9.17, 15) is 4.39 Å². The summed E-state index contributed by atoms with van der Waals surface area (Å²) in [6, 6.07) is 6.40. The van der Waals surface area contributed by atoms with Crippen molar-refractivity contribution in [3.05, 3.63) is 35.1 Å². The van der Waals surface area contributed by atoms with Gasteiger partial charge in [0, 0.05) is 25.7 Å². The summed E-state index contributed by atoms with van der Waals surface area (Å²) in [7, 11) is 1.98. The Morgan fingerprint density at radius 1 is 1.43 bits per heavy atom. The van der Waals surface area contributed by atoms with E-state index in [1.165, 1.54) is 6.07 Å². The molecule has 0 aromatic heterocycles. The molecule has 0 saturated heterocycles. The Balaban J connectivity index is 2.80. The summed E-state index contributed by atoms with van der Waals surface area (Å²) < 4.78 is 13.8. The second-order valence-electron chi connectivity index (χ2n) is 4.86. The molecule has 1 rings (SSSR count). The van der Waals surface area contributed by atoms with Crippen molar-refractivity contribution in [3.63, 3.8) is 0 Å². The first-order chi connectivity index (χ1) is 10.1. The predicted molar refractivity (Wildman–Crippen MR) is 83.5 cm³/mol. The highest BCUT2D eigenvalue weighted by molar-refractivity contribution is 5.79. The summed E-state index contributed by atoms with van der Waals surface area (Å²) in [5.74, 6) is 0.388. The van der Waals surface area contributed by atoms with Crippen LogP contribution in [0.2, 0.25) is 0 Å². The third-order valence-electron chi connectivity index (χ3n) is 3.12. The van der Waals surface area contributed by atoms with Gasteiger partial charge >= 0.3 is 0 Å². The van der Waals surface area contributed by atoms with Crippen molar-refractivity contribution >= 4 is 5.96 Å². The van der Waals surface area contributed by atoms with Gasteiger partial charge in [0.15, 0.2) is 5.96 Å². The van der Waals surface area contributed by atoms with Crippen LogP contribution in [0, 0.1) is 17.1 Å². The molecule has 0 aliphatic heterocycles. The summed E-state index contributed by atoms with van der Waals surface area (Å²) in [6.45, 7) is 6.09. The normalized spacial score (nSPS) is 11.1. The highest BCUT2D eigenvalue weighted by Gasteiger charge is 2.07. The van der Waals surface area contributed by atoms with E-state index in [0.717, 1.165) is 31.9 Å². The minimum atomic E-state index is -0.384. The molecule has 1 aromatic rings. The summed E-state index contributed by atoms with van der Waals surface area (Å²) in [4.78, 5) is 6.51. The standard InChI is InChI=1S/C16H23FN4/c1-4-6-9-21(3)16(19-5-2)20-12-14-8-7-13(11-18)10-15(14)17/h7-8,10H,4-6,9,12H2,1-3H3,(H,19,20). The van der Waals surface area contributed by atoms with Crippen molar-refractivity contribution in [2.24, 2.45) is 4.99 Å². The zero-order valence-corrected chi connectivity index (χ0v) is 13.0. The van der Waals surface area contributed by atoms with Crippen LogP contribution in [0.5, 0.6) is 0 Å². The third kappa shape index (κ3) is 5.42. The van der Waals surface area contributed by atoms with Gasteiger partial charge in [-0.1, -0.05) is 19.4 Å². The van der Waals surface area contributed by atoms with Crippen molar-refractivity contribution in [2.75, 3.05) is 20.1 Å². The Hall–Kier alpha value is -2.09. The fraction of sp³-hybridized carbons (Fsp3) is 0.500. The number of aliphatic imine (C=N–C) groups is 1. The highest BCUT2D eigenvalue weighted by Crippen LogP contribution is 2.11. The zero-order valence-electron chi connectivity index (χ0n) is 13.0. The third-order valence-corrected chi connectivity index (χ3v) is 3.12. The minimum absolute atomic E-state index is 0.260. The lowest BCUT2D eigenvalue weighted by Crippen LogP contribution is -2.39. The maximum absolute atomic E-state index is 13.8. The van der Waals surface area contributed by atoms with Gasteiger partial charge in [-0.25, -0.2) is 9.38 Å². The molecule has 0 spiro atoms. The van der Waals surface area contributed by atoms with Crippen molar-refractivity contribution in [2.45, 2.75) is 33.2 Å². The SMILES string of the molecule is CCCCN(C)C(=NCc1ccc(C#N)cc1F)NCC. The molecule has 1 N–H and O–H groups in total. The maximum atomic E-state index is 13.8. The van der Waals surface area contributed by atoms with Crippen molar-refractivity contribution in [1.82, 2.24) is 10.2 Å². The van der Waals surface area contributed by atoms with Crippen LogP contribution >= 0.6 is 0 Å². The number of rotatable bonds is 6. The smallest absolute Gasteiger partial charge is 0.193 e. The van der Waals surface area contributed by atoms with E-state index in [4.69, 9.17) is 5.26 Å². The van der Waals surface area contributed by atoms with E-state index in [1.807, 2.05) is 20.0 Å². The number of nitrogens with zero attached hydrogens (tertiary/aromatic N) is 3. The molecule has 0 aliphatic carbocycles. The lowest BCUT2D eigenvalue weighted by Gasteiger charge is -2.21. The number of guanidine groups is 1. The number of benzene rings is 1. The molecule has 1 aromatic carbocycles. The van der Waals surface area contributed by atoms with Gasteiger partial charge in [-0.05, 0) is 25.5 Å². The summed E-state index contributed by atoms with van der Waals surface area (Å²) >= 11 is 0. The Labute approximate surface area is 126 Å². The average molecular weight is 290 g/mol. The van der Waals surface area contributed by atoms with Crippen LogP contribution in [-0.2, 0) is 6.54 Å². The van der Waals surface area contributed by atoms with Crippen LogP contribution in [0.25, 0.3) is 0 Å². The molecule has 0 heterocycles. The van der Waals surface area contributed by atoms with Gasteiger partial charge in [-0.3, -0.25) is 0 Å². The predicted octanol–water partition coefficient (Wildman–Crippen LogP) is 2.89. The topological polar surface area (TPSA) is 51.4 Å². The lowest BCUT2D eigenvalue weighted by atomic mass is 10.1. The second kappa shape index (κ2) is 8.96. The fourth-order valence-corrected chi connectivity index (χ4v) is 1.88. The molecular weight excluding hydrogens is 267 g/mol. The molecule has 5 heteroatoms. The van der Waals surface area contributed by atoms with E-state index in [-0.39, 0.29) is 12.4 Å². The number of nitrogens with one attached hydrogen (secondary N) is 1. The summed E-state index contributed by atoms with van der Waals surface area (Å²) in [5.41, 5.74) is 0.820. The highest BCUT2D eigenvalue weighted by atomic mass is 19.1. The van der Waals surface area contributed by atoms with Gasteiger partial charge in [0.1, 0.15) is 5.82 Å². The number of hydrogen-bond acceptors (Lipinski definition) is 2. The van der Waals surface area contributed by atoms with Crippen LogP contribution in [0.4, 0.5) is 4.39 Å². The molecule has 21 heavy (non-hydrogen) atoms.